The highest BCUT2D eigenvalue weighted by molar-refractivity contribution is 5.73. The van der Waals surface area contributed by atoms with Crippen LogP contribution >= 0.6 is 0 Å². The van der Waals surface area contributed by atoms with E-state index < -0.39 is 0 Å². The summed E-state index contributed by atoms with van der Waals surface area (Å²) in [5.41, 5.74) is 5.78. The summed E-state index contributed by atoms with van der Waals surface area (Å²) >= 11 is 0. The Morgan fingerprint density at radius 2 is 1.82 bits per heavy atom. The van der Waals surface area contributed by atoms with Gasteiger partial charge in [-0.1, -0.05) is 27.2 Å². The van der Waals surface area contributed by atoms with E-state index >= 15 is 0 Å². The van der Waals surface area contributed by atoms with Crippen molar-refractivity contribution < 1.29 is 5.41 Å². The molecule has 0 aliphatic carbocycles. The van der Waals surface area contributed by atoms with Crippen molar-refractivity contribution in [2.45, 2.75) is 46.5 Å². The molecule has 0 atom stereocenters. The highest BCUT2D eigenvalue weighted by Crippen LogP contribution is 2.21. The summed E-state index contributed by atoms with van der Waals surface area (Å²) in [6, 6.07) is 0. The predicted octanol–water partition coefficient (Wildman–Crippen LogP) is 0.709. The van der Waals surface area contributed by atoms with Crippen LogP contribution in [0.4, 0.5) is 0 Å². The largest absolute Gasteiger partial charge is 0.291 e. The first kappa shape index (κ1) is 10.5. The average molecular weight is 157 g/mol. The van der Waals surface area contributed by atoms with Gasteiger partial charge in [0.25, 0.3) is 0 Å². The van der Waals surface area contributed by atoms with Gasteiger partial charge in [-0.15, -0.1) is 0 Å². The zero-order valence-electron chi connectivity index (χ0n) is 7.98. The lowest BCUT2D eigenvalue weighted by Gasteiger charge is -2.16. The number of hydrogen-bond acceptors (Lipinski definition) is 0. The fourth-order valence-corrected chi connectivity index (χ4v) is 0.984. The molecule has 0 aromatic heterocycles. The molecule has 0 unspecified atom stereocenters. The molecule has 0 amide bonds. The zero-order valence-corrected chi connectivity index (χ0v) is 7.98. The van der Waals surface area contributed by atoms with Gasteiger partial charge in [-0.2, -0.15) is 0 Å². The Kier molecular flexibility index (Phi) is 4.16. The summed E-state index contributed by atoms with van der Waals surface area (Å²) in [6.45, 7) is 6.76. The molecule has 0 bridgehead atoms. The first-order chi connectivity index (χ1) is 4.92. The van der Waals surface area contributed by atoms with Crippen LogP contribution in [0.3, 0.4) is 0 Å². The molecular formula is C9H21N2+. The molecule has 0 saturated heterocycles. The van der Waals surface area contributed by atoms with Gasteiger partial charge in [0, 0.05) is 6.42 Å². The second-order valence-electron chi connectivity index (χ2n) is 4.34. The molecule has 0 rings (SSSR count). The molecule has 0 fully saturated rings. The average Bonchev–Trinajstić information content (AvgIpc) is 1.78. The maximum Gasteiger partial charge on any atom is 0.238 e. The molecule has 2 heteroatoms. The van der Waals surface area contributed by atoms with Gasteiger partial charge in [0.1, 0.15) is 0 Å². The van der Waals surface area contributed by atoms with Crippen LogP contribution in [-0.4, -0.2) is 5.84 Å². The van der Waals surface area contributed by atoms with Crippen molar-refractivity contribution in [2.24, 2.45) is 11.1 Å². The van der Waals surface area contributed by atoms with Crippen LogP contribution in [0.15, 0.2) is 0 Å². The van der Waals surface area contributed by atoms with E-state index in [0.717, 1.165) is 12.8 Å². The lowest BCUT2D eigenvalue weighted by molar-refractivity contribution is -0.118. The van der Waals surface area contributed by atoms with Crippen molar-refractivity contribution in [2.75, 3.05) is 0 Å². The van der Waals surface area contributed by atoms with Crippen LogP contribution in [0, 0.1) is 5.41 Å². The second-order valence-corrected chi connectivity index (χ2v) is 4.34. The monoisotopic (exact) mass is 157 g/mol. The third kappa shape index (κ3) is 9.47. The minimum atomic E-state index is 0.448. The van der Waals surface area contributed by atoms with Gasteiger partial charge >= 0.3 is 0 Å². The van der Waals surface area contributed by atoms with E-state index in [9.17, 15) is 0 Å². The van der Waals surface area contributed by atoms with Crippen LogP contribution in [0.5, 0.6) is 0 Å². The molecule has 0 saturated carbocycles. The third-order valence-corrected chi connectivity index (χ3v) is 1.64. The normalized spacial score (nSPS) is 11.5. The number of hydrogen-bond donors (Lipinski definition) is 2. The van der Waals surface area contributed by atoms with Crippen LogP contribution in [0.1, 0.15) is 46.5 Å². The standard InChI is InChI=1S/C9H20N2/c1-9(2,3)7-5-4-6-8(10)11/h4-7H2,1-3H3,(H3,10,11)/p+1. The van der Waals surface area contributed by atoms with Crippen molar-refractivity contribution in [1.82, 2.24) is 0 Å². The summed E-state index contributed by atoms with van der Waals surface area (Å²) in [4.78, 5) is 0. The van der Waals surface area contributed by atoms with E-state index in [4.69, 9.17) is 11.1 Å². The topological polar surface area (TPSA) is 51.6 Å². The minimum absolute atomic E-state index is 0.448. The Morgan fingerprint density at radius 3 is 2.18 bits per heavy atom. The summed E-state index contributed by atoms with van der Waals surface area (Å²) in [6.07, 6.45) is 4.47. The molecular weight excluding hydrogens is 136 g/mol. The van der Waals surface area contributed by atoms with E-state index in [-0.39, 0.29) is 0 Å². The number of rotatable bonds is 4. The Bertz CT molecular complexity index is 122. The lowest BCUT2D eigenvalue weighted by Crippen LogP contribution is -2.45. The lowest BCUT2D eigenvalue weighted by atomic mass is 9.89. The van der Waals surface area contributed by atoms with Gasteiger partial charge in [0.05, 0.1) is 0 Å². The van der Waals surface area contributed by atoms with Gasteiger partial charge in [-0.25, -0.2) is 0 Å². The molecule has 4 N–H and O–H groups in total. The van der Waals surface area contributed by atoms with Gasteiger partial charge in [-0.05, 0) is 18.3 Å². The quantitative estimate of drug-likeness (QED) is 0.352. The molecule has 0 heterocycles. The molecule has 0 aromatic rings. The summed E-state index contributed by atoms with van der Waals surface area (Å²) in [7, 11) is 0. The Balaban J connectivity index is 3.22. The highest BCUT2D eigenvalue weighted by atomic mass is 14.7. The van der Waals surface area contributed by atoms with E-state index in [1.807, 2.05) is 0 Å². The van der Waals surface area contributed by atoms with Crippen LogP contribution in [-0.2, 0) is 0 Å². The van der Waals surface area contributed by atoms with Crippen molar-refractivity contribution in [3.05, 3.63) is 0 Å². The summed E-state index contributed by atoms with van der Waals surface area (Å²) in [5, 5.41) is 5.34. The second kappa shape index (κ2) is 4.37. The van der Waals surface area contributed by atoms with Gasteiger partial charge in [-0.3, -0.25) is 11.1 Å². The first-order valence-corrected chi connectivity index (χ1v) is 4.28. The Morgan fingerprint density at radius 1 is 1.27 bits per heavy atom. The molecule has 0 aliphatic rings. The van der Waals surface area contributed by atoms with E-state index in [2.05, 4.69) is 20.8 Å². The SMILES string of the molecule is CC(C)(C)CCCCC(N)=[NH2+]. The summed E-state index contributed by atoms with van der Waals surface area (Å²) in [5.74, 6) is 0.568. The highest BCUT2D eigenvalue weighted by Gasteiger charge is 2.09. The maximum absolute atomic E-state index is 5.34. The van der Waals surface area contributed by atoms with Crippen LogP contribution in [0.25, 0.3) is 0 Å². The van der Waals surface area contributed by atoms with Gasteiger partial charge in [0.2, 0.25) is 5.84 Å². The van der Waals surface area contributed by atoms with Crippen LogP contribution in [0.2, 0.25) is 0 Å². The fourth-order valence-electron chi connectivity index (χ4n) is 0.984. The van der Waals surface area contributed by atoms with Crippen LogP contribution < -0.4 is 11.1 Å². The number of nitrogens with two attached hydrogens (primary N) is 2. The Labute approximate surface area is 69.7 Å². The van der Waals surface area contributed by atoms with Gasteiger partial charge in [0.15, 0.2) is 0 Å². The molecule has 11 heavy (non-hydrogen) atoms. The summed E-state index contributed by atoms with van der Waals surface area (Å²) < 4.78 is 0. The fraction of sp³-hybridized carbons (Fsp3) is 0.889. The van der Waals surface area contributed by atoms with Crippen molar-refractivity contribution >= 4 is 5.84 Å². The first-order valence-electron chi connectivity index (χ1n) is 4.28. The van der Waals surface area contributed by atoms with E-state index in [0.29, 0.717) is 11.3 Å². The van der Waals surface area contributed by atoms with Crippen molar-refractivity contribution in [3.8, 4) is 0 Å². The molecule has 0 radical (unpaired) electrons. The van der Waals surface area contributed by atoms with E-state index in [1.165, 1.54) is 12.8 Å². The number of amidine groups is 1. The van der Waals surface area contributed by atoms with E-state index in [1.54, 1.807) is 0 Å². The van der Waals surface area contributed by atoms with Crippen molar-refractivity contribution in [3.63, 3.8) is 0 Å². The maximum atomic E-state index is 5.34. The molecule has 0 aromatic carbocycles. The molecule has 0 spiro atoms. The van der Waals surface area contributed by atoms with Gasteiger partial charge < -0.3 is 0 Å². The predicted molar refractivity (Wildman–Crippen MR) is 49.0 cm³/mol. The molecule has 66 valence electrons. The third-order valence-electron chi connectivity index (χ3n) is 1.64. The Hall–Kier alpha value is -0.530. The minimum Gasteiger partial charge on any atom is -0.291 e. The smallest absolute Gasteiger partial charge is 0.238 e. The zero-order chi connectivity index (χ0) is 8.91. The van der Waals surface area contributed by atoms with Crippen molar-refractivity contribution in [1.29, 1.82) is 0 Å². The molecule has 0 aliphatic heterocycles. The molecule has 2 nitrogen and oxygen atoms in total. The number of unbranched alkanes of at least 4 members (excludes halogenated alkanes) is 1.